The van der Waals surface area contributed by atoms with Gasteiger partial charge in [0, 0.05) is 24.6 Å². The van der Waals surface area contributed by atoms with Crippen molar-refractivity contribution in [2.24, 2.45) is 0 Å². The number of carboxylic acids is 2. The highest BCUT2D eigenvalue weighted by Gasteiger charge is 2.26. The zero-order chi connectivity index (χ0) is 15.7. The van der Waals surface area contributed by atoms with Gasteiger partial charge in [-0.2, -0.15) is 25.3 Å². The molecule has 0 aliphatic carbocycles. The first kappa shape index (κ1) is 19.6. The topological polar surface area (TPSA) is 81.1 Å². The molecule has 0 heterocycles. The highest BCUT2D eigenvalue weighted by Crippen LogP contribution is 2.06. The average Bonchev–Trinajstić information content (AvgIpc) is 2.40. The smallest absolute Gasteiger partial charge is 0.321 e. The summed E-state index contributed by atoms with van der Waals surface area (Å²) in [5, 5.41) is 18.3. The van der Waals surface area contributed by atoms with E-state index in [1.165, 1.54) is 0 Å². The molecule has 0 aliphatic rings. The van der Waals surface area contributed by atoms with E-state index in [2.05, 4.69) is 25.3 Å². The Labute approximate surface area is 130 Å². The highest BCUT2D eigenvalue weighted by molar-refractivity contribution is 7.80. The zero-order valence-corrected chi connectivity index (χ0v) is 13.7. The lowest BCUT2D eigenvalue weighted by Gasteiger charge is -2.31. The van der Waals surface area contributed by atoms with Gasteiger partial charge < -0.3 is 10.2 Å². The van der Waals surface area contributed by atoms with E-state index in [4.69, 9.17) is 10.2 Å². The molecular weight excluding hydrogens is 300 g/mol. The van der Waals surface area contributed by atoms with Crippen molar-refractivity contribution in [1.82, 2.24) is 9.80 Å². The SMILES string of the molecule is CCN(CCN(CC)[C@@H](CS)C(=O)O)[C@@H](CS)C(=O)O. The van der Waals surface area contributed by atoms with Gasteiger partial charge in [0.05, 0.1) is 0 Å². The van der Waals surface area contributed by atoms with Crippen molar-refractivity contribution in [3.63, 3.8) is 0 Å². The Kier molecular flexibility index (Phi) is 10.1. The molecule has 0 saturated heterocycles. The summed E-state index contributed by atoms with van der Waals surface area (Å²) in [7, 11) is 0. The van der Waals surface area contributed by atoms with Crippen molar-refractivity contribution in [3.8, 4) is 0 Å². The number of likely N-dealkylation sites (N-methyl/N-ethyl adjacent to an activating group) is 2. The van der Waals surface area contributed by atoms with Crippen LogP contribution in [0.5, 0.6) is 0 Å². The van der Waals surface area contributed by atoms with E-state index in [9.17, 15) is 9.59 Å². The Morgan fingerprint density at radius 3 is 1.35 bits per heavy atom. The van der Waals surface area contributed by atoms with E-state index >= 15 is 0 Å². The molecule has 0 amide bonds. The third-order valence-corrected chi connectivity index (χ3v) is 3.98. The molecule has 0 unspecified atom stereocenters. The molecule has 2 N–H and O–H groups in total. The molecule has 0 bridgehead atoms. The number of hydrogen-bond acceptors (Lipinski definition) is 6. The van der Waals surface area contributed by atoms with Crippen molar-refractivity contribution < 1.29 is 19.8 Å². The number of thiol groups is 2. The molecule has 0 aromatic heterocycles. The quantitative estimate of drug-likeness (QED) is 0.412. The van der Waals surface area contributed by atoms with Gasteiger partial charge in [-0.3, -0.25) is 19.4 Å². The lowest BCUT2D eigenvalue weighted by molar-refractivity contribution is -0.144. The van der Waals surface area contributed by atoms with Crippen LogP contribution in [0.2, 0.25) is 0 Å². The van der Waals surface area contributed by atoms with Crippen LogP contribution >= 0.6 is 25.3 Å². The van der Waals surface area contributed by atoms with Gasteiger partial charge in [-0.05, 0) is 13.1 Å². The number of hydrogen-bond donors (Lipinski definition) is 4. The third kappa shape index (κ3) is 5.90. The highest BCUT2D eigenvalue weighted by atomic mass is 32.1. The van der Waals surface area contributed by atoms with Crippen LogP contribution < -0.4 is 0 Å². The van der Waals surface area contributed by atoms with E-state index in [0.717, 1.165) is 0 Å². The lowest BCUT2D eigenvalue weighted by atomic mass is 10.2. The minimum Gasteiger partial charge on any atom is -0.480 e. The predicted molar refractivity (Wildman–Crippen MR) is 85.0 cm³/mol. The van der Waals surface area contributed by atoms with Gasteiger partial charge >= 0.3 is 11.9 Å². The van der Waals surface area contributed by atoms with Crippen molar-refractivity contribution in [2.45, 2.75) is 25.9 Å². The fraction of sp³-hybridized carbons (Fsp3) is 0.833. The van der Waals surface area contributed by atoms with E-state index in [1.54, 1.807) is 9.80 Å². The van der Waals surface area contributed by atoms with Crippen LogP contribution in [0.4, 0.5) is 0 Å². The van der Waals surface area contributed by atoms with Crippen molar-refractivity contribution in [3.05, 3.63) is 0 Å². The fourth-order valence-electron chi connectivity index (χ4n) is 2.03. The number of nitrogens with zero attached hydrogens (tertiary/aromatic N) is 2. The monoisotopic (exact) mass is 324 g/mol. The number of carboxylic acid groups (broad SMARTS) is 2. The lowest BCUT2D eigenvalue weighted by Crippen LogP contribution is -2.49. The van der Waals surface area contributed by atoms with Crippen LogP contribution in [-0.2, 0) is 9.59 Å². The number of rotatable bonds is 11. The normalized spacial score (nSPS) is 14.5. The summed E-state index contributed by atoms with van der Waals surface area (Å²) >= 11 is 8.13. The zero-order valence-electron chi connectivity index (χ0n) is 11.9. The Hall–Kier alpha value is -0.440. The van der Waals surface area contributed by atoms with Crippen LogP contribution in [0.1, 0.15) is 13.8 Å². The summed E-state index contributed by atoms with van der Waals surface area (Å²) in [5.41, 5.74) is 0. The van der Waals surface area contributed by atoms with Crippen LogP contribution in [0, 0.1) is 0 Å². The molecule has 0 saturated carbocycles. The molecule has 0 radical (unpaired) electrons. The summed E-state index contributed by atoms with van der Waals surface area (Å²) in [4.78, 5) is 25.8. The molecule has 20 heavy (non-hydrogen) atoms. The molecule has 0 aliphatic heterocycles. The van der Waals surface area contributed by atoms with Crippen LogP contribution in [0.15, 0.2) is 0 Å². The van der Waals surface area contributed by atoms with Gasteiger partial charge in [0.25, 0.3) is 0 Å². The maximum absolute atomic E-state index is 11.1. The van der Waals surface area contributed by atoms with E-state index in [-0.39, 0.29) is 11.5 Å². The Morgan fingerprint density at radius 2 is 1.20 bits per heavy atom. The summed E-state index contributed by atoms with van der Waals surface area (Å²) in [6.07, 6.45) is 0. The molecular formula is C12H24N2O4S2. The van der Waals surface area contributed by atoms with Crippen molar-refractivity contribution in [1.29, 1.82) is 0 Å². The van der Waals surface area contributed by atoms with Crippen LogP contribution in [0.25, 0.3) is 0 Å². The standard InChI is InChI=1S/C12H24N2O4S2/c1-3-13(9(7-19)11(15)16)5-6-14(4-2)10(8-20)12(17)18/h9-10,19-20H,3-8H2,1-2H3,(H,15,16)(H,17,18)/t9-,10-/m0/s1. The molecule has 6 nitrogen and oxygen atoms in total. The molecule has 0 aromatic carbocycles. The average molecular weight is 324 g/mol. The molecule has 2 atom stereocenters. The van der Waals surface area contributed by atoms with Crippen LogP contribution in [0.3, 0.4) is 0 Å². The van der Waals surface area contributed by atoms with Gasteiger partial charge in [0.1, 0.15) is 12.1 Å². The van der Waals surface area contributed by atoms with E-state index in [0.29, 0.717) is 26.2 Å². The minimum absolute atomic E-state index is 0.226. The van der Waals surface area contributed by atoms with Gasteiger partial charge in [0.15, 0.2) is 0 Å². The van der Waals surface area contributed by atoms with Crippen molar-refractivity contribution >= 4 is 37.2 Å². The first-order chi connectivity index (χ1) is 9.42. The molecule has 8 heteroatoms. The first-order valence-electron chi connectivity index (χ1n) is 6.58. The number of carbonyl (C=O) groups is 2. The minimum atomic E-state index is -0.908. The van der Waals surface area contributed by atoms with Gasteiger partial charge in [-0.25, -0.2) is 0 Å². The van der Waals surface area contributed by atoms with Crippen molar-refractivity contribution in [2.75, 3.05) is 37.7 Å². The Bertz CT molecular complexity index is 288. The second kappa shape index (κ2) is 10.3. The van der Waals surface area contributed by atoms with E-state index < -0.39 is 24.0 Å². The summed E-state index contributed by atoms with van der Waals surface area (Å²) in [6.45, 7) is 5.88. The van der Waals surface area contributed by atoms with E-state index in [1.807, 2.05) is 13.8 Å². The van der Waals surface area contributed by atoms with Gasteiger partial charge in [-0.1, -0.05) is 13.8 Å². The Morgan fingerprint density at radius 1 is 0.900 bits per heavy atom. The molecule has 0 rings (SSSR count). The second-order valence-electron chi connectivity index (χ2n) is 4.33. The largest absolute Gasteiger partial charge is 0.480 e. The first-order valence-corrected chi connectivity index (χ1v) is 7.84. The fourth-order valence-corrected chi connectivity index (χ4v) is 2.80. The molecule has 118 valence electrons. The second-order valence-corrected chi connectivity index (χ2v) is 5.06. The van der Waals surface area contributed by atoms with Crippen LogP contribution in [-0.4, -0.2) is 81.7 Å². The third-order valence-electron chi connectivity index (χ3n) is 3.28. The molecule has 0 fully saturated rings. The predicted octanol–water partition coefficient (Wildman–Crippen LogP) is 0.396. The van der Waals surface area contributed by atoms with Gasteiger partial charge in [0.2, 0.25) is 0 Å². The summed E-state index contributed by atoms with van der Waals surface area (Å²) < 4.78 is 0. The number of aliphatic carboxylic acids is 2. The maximum Gasteiger partial charge on any atom is 0.321 e. The summed E-state index contributed by atoms with van der Waals surface area (Å²) in [6, 6.07) is -1.30. The summed E-state index contributed by atoms with van der Waals surface area (Å²) in [5.74, 6) is -1.36. The molecule has 0 spiro atoms. The maximum atomic E-state index is 11.1. The van der Waals surface area contributed by atoms with Gasteiger partial charge in [-0.15, -0.1) is 0 Å². The molecule has 0 aromatic rings. The Balaban J connectivity index is 4.67.